The Hall–Kier alpha value is -2.98. The highest BCUT2D eigenvalue weighted by atomic mass is 32.2. The lowest BCUT2D eigenvalue weighted by molar-refractivity contribution is -0.384. The van der Waals surface area contributed by atoms with E-state index >= 15 is 0 Å². The van der Waals surface area contributed by atoms with E-state index in [1.807, 2.05) is 43.3 Å². The van der Waals surface area contributed by atoms with Crippen molar-refractivity contribution >= 4 is 33.3 Å². The van der Waals surface area contributed by atoms with E-state index in [1.54, 1.807) is 0 Å². The van der Waals surface area contributed by atoms with Crippen molar-refractivity contribution in [1.82, 2.24) is 0 Å². The van der Waals surface area contributed by atoms with Crippen LogP contribution in [0.5, 0.6) is 0 Å². The Labute approximate surface area is 145 Å². The predicted molar refractivity (Wildman–Crippen MR) is 96.5 cm³/mol. The maximum absolute atomic E-state index is 11.3. The zero-order valence-corrected chi connectivity index (χ0v) is 14.4. The summed E-state index contributed by atoms with van der Waals surface area (Å²) in [6.45, 7) is 0. The Morgan fingerprint density at radius 3 is 2.36 bits per heavy atom. The molecule has 2 rings (SSSR count). The molecule has 9 nitrogen and oxygen atoms in total. The van der Waals surface area contributed by atoms with Gasteiger partial charge in [-0.3, -0.25) is 15.5 Å². The monoisotopic (exact) mass is 363 g/mol. The van der Waals surface area contributed by atoms with Gasteiger partial charge in [0.1, 0.15) is 5.69 Å². The summed E-state index contributed by atoms with van der Waals surface area (Å²) in [6.07, 6.45) is 1.50. The van der Waals surface area contributed by atoms with Crippen molar-refractivity contribution in [2.45, 2.75) is 4.90 Å². The van der Waals surface area contributed by atoms with E-state index in [9.17, 15) is 18.5 Å². The summed E-state index contributed by atoms with van der Waals surface area (Å²) < 4.78 is 22.6. The summed E-state index contributed by atoms with van der Waals surface area (Å²) in [6, 6.07) is 10.8. The van der Waals surface area contributed by atoms with Gasteiger partial charge in [0, 0.05) is 25.8 Å². The predicted octanol–water partition coefficient (Wildman–Crippen LogP) is 1.75. The molecule has 0 amide bonds. The zero-order chi connectivity index (χ0) is 18.6. The quantitative estimate of drug-likeness (QED) is 0.457. The first-order chi connectivity index (χ1) is 11.7. The molecule has 0 aliphatic carbocycles. The summed E-state index contributed by atoms with van der Waals surface area (Å²) in [4.78, 5) is 12.0. The molecule has 25 heavy (non-hydrogen) atoms. The van der Waals surface area contributed by atoms with Crippen molar-refractivity contribution in [2.75, 3.05) is 24.4 Å². The number of hydrogen-bond donors (Lipinski definition) is 2. The fourth-order valence-corrected chi connectivity index (χ4v) is 2.50. The van der Waals surface area contributed by atoms with E-state index in [0.717, 1.165) is 17.3 Å². The average molecular weight is 363 g/mol. The van der Waals surface area contributed by atoms with E-state index in [-0.39, 0.29) is 10.6 Å². The molecule has 10 heteroatoms. The number of hydrazone groups is 1. The molecule has 0 aliphatic rings. The molecular formula is C15H17N5O4S. The van der Waals surface area contributed by atoms with Crippen molar-refractivity contribution in [2.24, 2.45) is 10.2 Å². The third kappa shape index (κ3) is 4.75. The summed E-state index contributed by atoms with van der Waals surface area (Å²) in [7, 11) is -0.174. The van der Waals surface area contributed by atoms with Crippen LogP contribution in [0.3, 0.4) is 0 Å². The van der Waals surface area contributed by atoms with E-state index in [0.29, 0.717) is 0 Å². The highest BCUT2D eigenvalue weighted by molar-refractivity contribution is 7.89. The van der Waals surface area contributed by atoms with Crippen LogP contribution in [0.25, 0.3) is 0 Å². The highest BCUT2D eigenvalue weighted by Gasteiger charge is 2.18. The summed E-state index contributed by atoms with van der Waals surface area (Å²) >= 11 is 0. The Bertz CT molecular complexity index is 908. The third-order valence-corrected chi connectivity index (χ3v) is 4.21. The largest absolute Gasteiger partial charge is 0.378 e. The molecule has 0 aliphatic heterocycles. The molecule has 0 saturated carbocycles. The van der Waals surface area contributed by atoms with Crippen molar-refractivity contribution in [3.8, 4) is 0 Å². The smallest absolute Gasteiger partial charge is 0.295 e. The summed E-state index contributed by atoms with van der Waals surface area (Å²) in [5, 5.41) is 20.0. The average Bonchev–Trinajstić information content (AvgIpc) is 2.54. The maximum atomic E-state index is 11.3. The van der Waals surface area contributed by atoms with Gasteiger partial charge in [-0.05, 0) is 29.8 Å². The lowest BCUT2D eigenvalue weighted by atomic mass is 10.2. The van der Waals surface area contributed by atoms with Gasteiger partial charge < -0.3 is 4.90 Å². The first-order valence-electron chi connectivity index (χ1n) is 7.06. The second kappa shape index (κ2) is 7.28. The number of primary sulfonamides is 1. The van der Waals surface area contributed by atoms with Crippen LogP contribution in [-0.2, 0) is 10.0 Å². The lowest BCUT2D eigenvalue weighted by Crippen LogP contribution is -2.12. The van der Waals surface area contributed by atoms with E-state index in [2.05, 4.69) is 10.5 Å². The van der Waals surface area contributed by atoms with Gasteiger partial charge in [0.05, 0.1) is 16.0 Å². The number of hydrogen-bond acceptors (Lipinski definition) is 7. The first kappa shape index (κ1) is 18.4. The van der Waals surface area contributed by atoms with Crippen LogP contribution in [0.15, 0.2) is 52.5 Å². The van der Waals surface area contributed by atoms with E-state index in [4.69, 9.17) is 5.14 Å². The number of benzene rings is 2. The molecule has 3 N–H and O–H groups in total. The Morgan fingerprint density at radius 1 is 1.20 bits per heavy atom. The summed E-state index contributed by atoms with van der Waals surface area (Å²) in [5.41, 5.74) is 3.98. The molecule has 0 spiro atoms. The van der Waals surface area contributed by atoms with Crippen molar-refractivity contribution in [3.05, 3.63) is 58.1 Å². The Kier molecular flexibility index (Phi) is 5.35. The molecule has 0 bridgehead atoms. The Balaban J connectivity index is 2.21. The molecule has 0 heterocycles. The Morgan fingerprint density at radius 2 is 1.84 bits per heavy atom. The minimum Gasteiger partial charge on any atom is -0.378 e. The topological polar surface area (TPSA) is 131 Å². The molecule has 0 saturated heterocycles. The number of anilines is 2. The second-order valence-electron chi connectivity index (χ2n) is 5.34. The van der Waals surface area contributed by atoms with Gasteiger partial charge in [0.25, 0.3) is 5.69 Å². The second-order valence-corrected chi connectivity index (χ2v) is 6.90. The number of nitrogens with two attached hydrogens (primary N) is 1. The van der Waals surface area contributed by atoms with Gasteiger partial charge in [0.2, 0.25) is 10.0 Å². The van der Waals surface area contributed by atoms with Crippen molar-refractivity contribution in [1.29, 1.82) is 0 Å². The van der Waals surface area contributed by atoms with Gasteiger partial charge in [-0.15, -0.1) is 0 Å². The van der Waals surface area contributed by atoms with Gasteiger partial charge in [0.15, 0.2) is 0 Å². The number of sulfonamides is 1. The molecule has 0 radical (unpaired) electrons. The maximum Gasteiger partial charge on any atom is 0.295 e. The van der Waals surface area contributed by atoms with Crippen molar-refractivity contribution < 1.29 is 13.3 Å². The standard InChI is InChI=1S/C15H17N5O4S/c1-19(2)12-5-3-11(4-6-12)10-17-18-14-8-7-13(25(16,23)24)9-15(14)20(21)22/h3-10,18H,1-2H3,(H2,16,23,24). The van der Waals surface area contributed by atoms with Gasteiger partial charge in [-0.25, -0.2) is 13.6 Å². The van der Waals surface area contributed by atoms with Crippen LogP contribution >= 0.6 is 0 Å². The van der Waals surface area contributed by atoms with Crippen LogP contribution < -0.4 is 15.5 Å². The molecule has 132 valence electrons. The van der Waals surface area contributed by atoms with Crippen LogP contribution in [0, 0.1) is 10.1 Å². The van der Waals surface area contributed by atoms with E-state index < -0.39 is 20.6 Å². The molecular weight excluding hydrogens is 346 g/mol. The zero-order valence-electron chi connectivity index (χ0n) is 13.6. The molecule has 2 aromatic carbocycles. The molecule has 0 aromatic heterocycles. The molecule has 2 aromatic rings. The van der Waals surface area contributed by atoms with Crippen molar-refractivity contribution in [3.63, 3.8) is 0 Å². The highest BCUT2D eigenvalue weighted by Crippen LogP contribution is 2.27. The van der Waals surface area contributed by atoms with Gasteiger partial charge in [-0.2, -0.15) is 5.10 Å². The first-order valence-corrected chi connectivity index (χ1v) is 8.61. The molecule has 0 unspecified atom stereocenters. The fraction of sp³-hybridized carbons (Fsp3) is 0.133. The van der Waals surface area contributed by atoms with Crippen LogP contribution in [0.4, 0.5) is 17.1 Å². The number of nitrogens with one attached hydrogen (secondary N) is 1. The number of nitro benzene ring substituents is 1. The fourth-order valence-electron chi connectivity index (χ4n) is 1.97. The van der Waals surface area contributed by atoms with Gasteiger partial charge in [-0.1, -0.05) is 12.1 Å². The minimum atomic E-state index is -4.02. The third-order valence-electron chi connectivity index (χ3n) is 3.30. The minimum absolute atomic E-state index is 0.0542. The van der Waals surface area contributed by atoms with Gasteiger partial charge >= 0.3 is 0 Å². The normalized spacial score (nSPS) is 11.5. The van der Waals surface area contributed by atoms with Crippen LogP contribution in [0.2, 0.25) is 0 Å². The number of nitrogens with zero attached hydrogens (tertiary/aromatic N) is 3. The van der Waals surface area contributed by atoms with Crippen LogP contribution in [0.1, 0.15) is 5.56 Å². The summed E-state index contributed by atoms with van der Waals surface area (Å²) in [5.74, 6) is 0. The number of rotatable bonds is 6. The molecule has 0 fully saturated rings. The molecule has 0 atom stereocenters. The lowest BCUT2D eigenvalue weighted by Gasteiger charge is -2.11. The van der Waals surface area contributed by atoms with Crippen LogP contribution in [-0.4, -0.2) is 33.7 Å². The number of nitro groups is 1. The SMILES string of the molecule is CN(C)c1ccc(C=NNc2ccc(S(N)(=O)=O)cc2[N+](=O)[O-])cc1. The van der Waals surface area contributed by atoms with E-state index in [1.165, 1.54) is 18.3 Å².